The van der Waals surface area contributed by atoms with E-state index >= 15 is 0 Å². The smallest absolute Gasteiger partial charge is 0.226 e. The van der Waals surface area contributed by atoms with Crippen molar-refractivity contribution in [2.24, 2.45) is 0 Å². The number of likely N-dealkylation sites (tertiary alicyclic amines) is 1. The third-order valence-corrected chi connectivity index (χ3v) is 5.09. The Bertz CT molecular complexity index is 635. The fraction of sp³-hybridized carbons (Fsp3) is 0.444. The molecule has 1 unspecified atom stereocenters. The Balaban J connectivity index is 1.61. The predicted octanol–water partition coefficient (Wildman–Crippen LogP) is 2.95. The molecule has 0 aliphatic carbocycles. The fourth-order valence-corrected chi connectivity index (χ4v) is 3.73. The molecule has 23 heavy (non-hydrogen) atoms. The van der Waals surface area contributed by atoms with Crippen molar-refractivity contribution in [1.29, 1.82) is 0 Å². The van der Waals surface area contributed by atoms with Gasteiger partial charge in [0.2, 0.25) is 5.91 Å². The minimum Gasteiger partial charge on any atom is -0.354 e. The molecule has 1 aliphatic heterocycles. The summed E-state index contributed by atoms with van der Waals surface area (Å²) < 4.78 is 0. The van der Waals surface area contributed by atoms with Gasteiger partial charge in [0, 0.05) is 11.9 Å². The number of amides is 1. The van der Waals surface area contributed by atoms with E-state index in [-0.39, 0.29) is 11.9 Å². The molecule has 4 nitrogen and oxygen atoms in total. The lowest BCUT2D eigenvalue weighted by atomic mass is 10.1. The maximum Gasteiger partial charge on any atom is 0.226 e. The number of nitrogens with zero attached hydrogens (tertiary/aromatic N) is 2. The van der Waals surface area contributed by atoms with Gasteiger partial charge in [0.15, 0.2) is 0 Å². The monoisotopic (exact) mass is 329 g/mol. The summed E-state index contributed by atoms with van der Waals surface area (Å²) in [5.74, 6) is 0.0513. The van der Waals surface area contributed by atoms with Crippen molar-refractivity contribution >= 4 is 17.2 Å². The van der Waals surface area contributed by atoms with Gasteiger partial charge in [0.1, 0.15) is 0 Å². The predicted molar refractivity (Wildman–Crippen MR) is 93.6 cm³/mol. The molecular formula is C18H23N3OS. The van der Waals surface area contributed by atoms with Crippen molar-refractivity contribution in [2.45, 2.75) is 32.2 Å². The minimum atomic E-state index is 0.0513. The molecule has 1 aromatic heterocycles. The van der Waals surface area contributed by atoms with Gasteiger partial charge in [-0.1, -0.05) is 30.3 Å². The van der Waals surface area contributed by atoms with E-state index in [9.17, 15) is 4.79 Å². The van der Waals surface area contributed by atoms with Crippen molar-refractivity contribution < 1.29 is 4.79 Å². The minimum absolute atomic E-state index is 0.0513. The number of carbonyl (C=O) groups is 1. The van der Waals surface area contributed by atoms with E-state index in [1.807, 2.05) is 18.4 Å². The number of hydrogen-bond acceptors (Lipinski definition) is 4. The Hall–Kier alpha value is -1.72. The van der Waals surface area contributed by atoms with Gasteiger partial charge in [0.05, 0.1) is 23.2 Å². The Kier molecular flexibility index (Phi) is 5.41. The molecule has 1 fully saturated rings. The van der Waals surface area contributed by atoms with Crippen LogP contribution in [0, 0.1) is 6.92 Å². The summed E-state index contributed by atoms with van der Waals surface area (Å²) in [7, 11) is 0. The van der Waals surface area contributed by atoms with Crippen molar-refractivity contribution in [3.63, 3.8) is 0 Å². The number of benzene rings is 1. The van der Waals surface area contributed by atoms with Crippen LogP contribution in [0.5, 0.6) is 0 Å². The van der Waals surface area contributed by atoms with Crippen LogP contribution in [0.2, 0.25) is 0 Å². The van der Waals surface area contributed by atoms with E-state index in [0.29, 0.717) is 13.0 Å². The molecule has 0 saturated carbocycles. The van der Waals surface area contributed by atoms with Gasteiger partial charge >= 0.3 is 0 Å². The Morgan fingerprint density at radius 2 is 2.04 bits per heavy atom. The lowest BCUT2D eigenvalue weighted by Gasteiger charge is -2.28. The van der Waals surface area contributed by atoms with Crippen molar-refractivity contribution in [3.8, 4) is 0 Å². The normalized spacial score (nSPS) is 16.4. The van der Waals surface area contributed by atoms with E-state index in [2.05, 4.69) is 39.5 Å². The maximum atomic E-state index is 12.2. The third kappa shape index (κ3) is 4.39. The number of aryl methyl sites for hydroxylation is 1. The average Bonchev–Trinajstić information content (AvgIpc) is 3.21. The summed E-state index contributed by atoms with van der Waals surface area (Å²) in [6.07, 6.45) is 2.86. The first-order chi connectivity index (χ1) is 11.2. The highest BCUT2D eigenvalue weighted by molar-refractivity contribution is 7.09. The summed E-state index contributed by atoms with van der Waals surface area (Å²) in [4.78, 5) is 19.0. The van der Waals surface area contributed by atoms with Gasteiger partial charge in [-0.2, -0.15) is 0 Å². The SMILES string of the molecule is Cc1nc(CC(=O)NCC(c2ccccc2)N2CCCC2)cs1. The highest BCUT2D eigenvalue weighted by Crippen LogP contribution is 2.24. The van der Waals surface area contributed by atoms with E-state index < -0.39 is 0 Å². The molecule has 1 amide bonds. The van der Waals surface area contributed by atoms with Gasteiger partial charge < -0.3 is 5.32 Å². The molecule has 1 aliphatic rings. The fourth-order valence-electron chi connectivity index (χ4n) is 3.11. The summed E-state index contributed by atoms with van der Waals surface area (Å²) in [6, 6.07) is 10.7. The Morgan fingerprint density at radius 1 is 1.30 bits per heavy atom. The standard InChI is InChI=1S/C18H23N3OS/c1-14-20-16(13-23-14)11-18(22)19-12-17(21-9-5-6-10-21)15-7-3-2-4-8-15/h2-4,7-8,13,17H,5-6,9-12H2,1H3,(H,19,22). The Labute approximate surface area is 141 Å². The molecule has 0 radical (unpaired) electrons. The first-order valence-electron chi connectivity index (χ1n) is 8.19. The van der Waals surface area contributed by atoms with Crippen LogP contribution in [0.25, 0.3) is 0 Å². The van der Waals surface area contributed by atoms with Crippen LogP contribution in [0.1, 0.15) is 35.1 Å². The van der Waals surface area contributed by atoms with Crippen LogP contribution >= 0.6 is 11.3 Å². The van der Waals surface area contributed by atoms with E-state index in [0.717, 1.165) is 23.8 Å². The van der Waals surface area contributed by atoms with Crippen LogP contribution in [-0.2, 0) is 11.2 Å². The topological polar surface area (TPSA) is 45.2 Å². The highest BCUT2D eigenvalue weighted by Gasteiger charge is 2.23. The summed E-state index contributed by atoms with van der Waals surface area (Å²) in [5.41, 5.74) is 2.14. The van der Waals surface area contributed by atoms with Crippen molar-refractivity contribution in [1.82, 2.24) is 15.2 Å². The molecule has 1 saturated heterocycles. The molecule has 122 valence electrons. The highest BCUT2D eigenvalue weighted by atomic mass is 32.1. The largest absolute Gasteiger partial charge is 0.354 e. The molecular weight excluding hydrogens is 306 g/mol. The first-order valence-corrected chi connectivity index (χ1v) is 9.07. The van der Waals surface area contributed by atoms with Crippen LogP contribution in [0.3, 0.4) is 0 Å². The lowest BCUT2D eigenvalue weighted by Crippen LogP contribution is -2.37. The first kappa shape index (κ1) is 16.1. The van der Waals surface area contributed by atoms with E-state index in [4.69, 9.17) is 0 Å². The van der Waals surface area contributed by atoms with Crippen LogP contribution in [0.15, 0.2) is 35.7 Å². The van der Waals surface area contributed by atoms with Crippen LogP contribution in [-0.4, -0.2) is 35.4 Å². The van der Waals surface area contributed by atoms with Gasteiger partial charge in [-0.15, -0.1) is 11.3 Å². The quantitative estimate of drug-likeness (QED) is 0.886. The number of carbonyl (C=O) groups excluding carboxylic acids is 1. The molecule has 1 N–H and O–H groups in total. The zero-order valence-electron chi connectivity index (χ0n) is 13.5. The second-order valence-corrected chi connectivity index (χ2v) is 7.07. The molecule has 5 heteroatoms. The van der Waals surface area contributed by atoms with E-state index in [1.54, 1.807) is 11.3 Å². The maximum absolute atomic E-state index is 12.2. The summed E-state index contributed by atoms with van der Waals surface area (Å²) >= 11 is 1.59. The zero-order valence-corrected chi connectivity index (χ0v) is 14.3. The van der Waals surface area contributed by atoms with Gasteiger partial charge in [-0.3, -0.25) is 9.69 Å². The van der Waals surface area contributed by atoms with Crippen LogP contribution < -0.4 is 5.32 Å². The molecule has 2 aromatic rings. The second kappa shape index (κ2) is 7.70. The third-order valence-electron chi connectivity index (χ3n) is 4.27. The van der Waals surface area contributed by atoms with Gasteiger partial charge in [0.25, 0.3) is 0 Å². The number of aromatic nitrogens is 1. The number of rotatable bonds is 6. The number of hydrogen-bond donors (Lipinski definition) is 1. The Morgan fingerprint density at radius 3 is 2.70 bits per heavy atom. The lowest BCUT2D eigenvalue weighted by molar-refractivity contribution is -0.120. The van der Waals surface area contributed by atoms with E-state index in [1.165, 1.54) is 18.4 Å². The van der Waals surface area contributed by atoms with Gasteiger partial charge in [-0.25, -0.2) is 4.98 Å². The molecule has 0 spiro atoms. The second-order valence-electron chi connectivity index (χ2n) is 6.01. The number of thiazole rings is 1. The molecule has 0 bridgehead atoms. The molecule has 3 rings (SSSR count). The summed E-state index contributed by atoms with van der Waals surface area (Å²) in [6.45, 7) is 4.85. The average molecular weight is 329 g/mol. The van der Waals surface area contributed by atoms with Crippen LogP contribution in [0.4, 0.5) is 0 Å². The summed E-state index contributed by atoms with van der Waals surface area (Å²) in [5, 5.41) is 6.07. The van der Waals surface area contributed by atoms with Gasteiger partial charge in [-0.05, 0) is 38.4 Å². The number of nitrogens with one attached hydrogen (secondary N) is 1. The molecule has 1 aromatic carbocycles. The van der Waals surface area contributed by atoms with Crippen molar-refractivity contribution in [3.05, 3.63) is 52.0 Å². The molecule has 1 atom stereocenters. The van der Waals surface area contributed by atoms with Crippen molar-refractivity contribution in [2.75, 3.05) is 19.6 Å². The zero-order chi connectivity index (χ0) is 16.1. The molecule has 2 heterocycles.